The van der Waals surface area contributed by atoms with Crippen LogP contribution in [0.15, 0.2) is 71.8 Å². The molecule has 1 saturated carbocycles. The van der Waals surface area contributed by atoms with E-state index in [1.165, 1.54) is 0 Å². The van der Waals surface area contributed by atoms with Gasteiger partial charge in [0.05, 0.1) is 17.1 Å². The summed E-state index contributed by atoms with van der Waals surface area (Å²) in [6.45, 7) is 0. The molecular formula is C20H22N4O2S. The number of nitrogens with one attached hydrogen (secondary N) is 1. The largest absolute Gasteiger partial charge is 0.247 e. The molecule has 1 aliphatic carbocycles. The standard InChI is InChI=1S/C20H22N4O2S/c25-27(26,17-11-5-2-6-12-17)22-18-13-7-8-14-20(18)24-15-19(21-23-24)16-9-3-1-4-10-16/h1-6,9-12,15,18,20,22H,7-8,13-14H2/t18-,20-/m0/s1. The molecular weight excluding hydrogens is 360 g/mol. The van der Waals surface area contributed by atoms with E-state index in [0.717, 1.165) is 36.9 Å². The SMILES string of the molecule is O=S(=O)(N[C@H]1CCCC[C@@H]1n1cc(-c2ccccc2)nn1)c1ccccc1. The van der Waals surface area contributed by atoms with Gasteiger partial charge >= 0.3 is 0 Å². The van der Waals surface area contributed by atoms with Crippen LogP contribution < -0.4 is 4.72 Å². The van der Waals surface area contributed by atoms with E-state index < -0.39 is 10.0 Å². The molecule has 0 spiro atoms. The monoisotopic (exact) mass is 382 g/mol. The van der Waals surface area contributed by atoms with E-state index in [2.05, 4.69) is 15.0 Å². The zero-order chi connectivity index (χ0) is 18.7. The normalized spacial score (nSPS) is 20.4. The molecule has 27 heavy (non-hydrogen) atoms. The Labute approximate surface area is 159 Å². The number of benzene rings is 2. The highest BCUT2D eigenvalue weighted by molar-refractivity contribution is 7.89. The molecule has 0 amide bonds. The first-order valence-electron chi connectivity index (χ1n) is 9.18. The Morgan fingerprint density at radius 2 is 1.59 bits per heavy atom. The van der Waals surface area contributed by atoms with Crippen molar-refractivity contribution in [2.45, 2.75) is 42.7 Å². The van der Waals surface area contributed by atoms with Gasteiger partial charge in [0.1, 0.15) is 5.69 Å². The zero-order valence-electron chi connectivity index (χ0n) is 14.9. The second-order valence-corrected chi connectivity index (χ2v) is 8.56. The van der Waals surface area contributed by atoms with Crippen LogP contribution in [0.4, 0.5) is 0 Å². The second kappa shape index (κ2) is 7.62. The van der Waals surface area contributed by atoms with Crippen molar-refractivity contribution in [3.8, 4) is 11.3 Å². The van der Waals surface area contributed by atoms with Crippen molar-refractivity contribution >= 4 is 10.0 Å². The summed E-state index contributed by atoms with van der Waals surface area (Å²) in [7, 11) is -3.56. The van der Waals surface area contributed by atoms with E-state index in [0.29, 0.717) is 0 Å². The van der Waals surface area contributed by atoms with Gasteiger partial charge in [-0.3, -0.25) is 0 Å². The predicted octanol–water partition coefficient (Wildman–Crippen LogP) is 3.41. The van der Waals surface area contributed by atoms with Crippen molar-refractivity contribution < 1.29 is 8.42 Å². The molecule has 1 heterocycles. The lowest BCUT2D eigenvalue weighted by molar-refractivity contribution is 0.267. The van der Waals surface area contributed by atoms with E-state index in [9.17, 15) is 8.42 Å². The number of sulfonamides is 1. The van der Waals surface area contributed by atoms with Crippen molar-refractivity contribution in [2.24, 2.45) is 0 Å². The third-order valence-corrected chi connectivity index (χ3v) is 6.51. The lowest BCUT2D eigenvalue weighted by atomic mass is 9.91. The minimum absolute atomic E-state index is 0.0396. The van der Waals surface area contributed by atoms with Crippen LogP contribution in [0.2, 0.25) is 0 Å². The highest BCUT2D eigenvalue weighted by Crippen LogP contribution is 2.30. The first-order valence-corrected chi connectivity index (χ1v) is 10.7. The van der Waals surface area contributed by atoms with Gasteiger partial charge in [0.25, 0.3) is 0 Å². The molecule has 0 saturated heterocycles. The molecule has 2 aromatic carbocycles. The Kier molecular flexibility index (Phi) is 5.05. The summed E-state index contributed by atoms with van der Waals surface area (Å²) < 4.78 is 30.2. The lowest BCUT2D eigenvalue weighted by Crippen LogP contribution is -2.43. The summed E-state index contributed by atoms with van der Waals surface area (Å²) in [6, 6.07) is 18.1. The van der Waals surface area contributed by atoms with Crippen LogP contribution in [0.25, 0.3) is 11.3 Å². The van der Waals surface area contributed by atoms with Crippen molar-refractivity contribution in [3.63, 3.8) is 0 Å². The van der Waals surface area contributed by atoms with E-state index in [-0.39, 0.29) is 17.0 Å². The summed E-state index contributed by atoms with van der Waals surface area (Å²) in [5, 5.41) is 8.59. The Balaban J connectivity index is 1.57. The van der Waals surface area contributed by atoms with Crippen LogP contribution >= 0.6 is 0 Å². The fraction of sp³-hybridized carbons (Fsp3) is 0.300. The Bertz CT molecular complexity index is 987. The summed E-state index contributed by atoms with van der Waals surface area (Å²) in [4.78, 5) is 0.290. The van der Waals surface area contributed by atoms with E-state index >= 15 is 0 Å². The van der Waals surface area contributed by atoms with Crippen molar-refractivity contribution in [2.75, 3.05) is 0 Å². The maximum absolute atomic E-state index is 12.7. The molecule has 1 N–H and O–H groups in total. The van der Waals surface area contributed by atoms with Gasteiger partial charge < -0.3 is 0 Å². The summed E-state index contributed by atoms with van der Waals surface area (Å²) in [5.74, 6) is 0. The van der Waals surface area contributed by atoms with E-state index in [1.54, 1.807) is 24.3 Å². The van der Waals surface area contributed by atoms with Crippen LogP contribution in [-0.4, -0.2) is 29.5 Å². The second-order valence-electron chi connectivity index (χ2n) is 6.84. The minimum atomic E-state index is -3.56. The summed E-state index contributed by atoms with van der Waals surface area (Å²) >= 11 is 0. The fourth-order valence-corrected chi connectivity index (χ4v) is 4.94. The third kappa shape index (κ3) is 3.94. The van der Waals surface area contributed by atoms with Gasteiger partial charge in [-0.05, 0) is 25.0 Å². The molecule has 1 fully saturated rings. The molecule has 140 valence electrons. The van der Waals surface area contributed by atoms with Crippen LogP contribution in [-0.2, 0) is 10.0 Å². The molecule has 1 aliphatic rings. The number of aromatic nitrogens is 3. The topological polar surface area (TPSA) is 76.9 Å². The molecule has 0 radical (unpaired) electrons. The van der Waals surface area contributed by atoms with Crippen LogP contribution in [0.1, 0.15) is 31.7 Å². The highest BCUT2D eigenvalue weighted by atomic mass is 32.2. The number of rotatable bonds is 5. The minimum Gasteiger partial charge on any atom is -0.247 e. The van der Waals surface area contributed by atoms with Gasteiger partial charge in [-0.2, -0.15) is 0 Å². The smallest absolute Gasteiger partial charge is 0.240 e. The highest BCUT2D eigenvalue weighted by Gasteiger charge is 2.31. The van der Waals surface area contributed by atoms with Gasteiger partial charge in [0.15, 0.2) is 0 Å². The van der Waals surface area contributed by atoms with Crippen LogP contribution in [0.5, 0.6) is 0 Å². The van der Waals surface area contributed by atoms with Gasteiger partial charge in [0.2, 0.25) is 10.0 Å². The summed E-state index contributed by atoms with van der Waals surface area (Å²) in [6.07, 6.45) is 5.62. The molecule has 4 rings (SSSR count). The average Bonchev–Trinajstić information content (AvgIpc) is 3.20. The number of nitrogens with zero attached hydrogens (tertiary/aromatic N) is 3. The Morgan fingerprint density at radius 1 is 0.926 bits per heavy atom. The molecule has 3 aromatic rings. The lowest BCUT2D eigenvalue weighted by Gasteiger charge is -2.31. The molecule has 2 atom stereocenters. The average molecular weight is 382 g/mol. The summed E-state index contributed by atoms with van der Waals surface area (Å²) in [5.41, 5.74) is 1.80. The number of hydrogen-bond acceptors (Lipinski definition) is 4. The quantitative estimate of drug-likeness (QED) is 0.734. The van der Waals surface area contributed by atoms with Gasteiger partial charge in [-0.25, -0.2) is 17.8 Å². The van der Waals surface area contributed by atoms with Gasteiger partial charge in [-0.15, -0.1) is 5.10 Å². The van der Waals surface area contributed by atoms with Crippen LogP contribution in [0, 0.1) is 0 Å². The van der Waals surface area contributed by atoms with Gasteiger partial charge in [0, 0.05) is 11.6 Å². The molecule has 6 nitrogen and oxygen atoms in total. The Morgan fingerprint density at radius 3 is 2.33 bits per heavy atom. The molecule has 0 unspecified atom stereocenters. The van der Waals surface area contributed by atoms with E-state index in [1.807, 2.05) is 47.3 Å². The van der Waals surface area contributed by atoms with Crippen molar-refractivity contribution in [3.05, 3.63) is 66.9 Å². The maximum atomic E-state index is 12.7. The van der Waals surface area contributed by atoms with Crippen LogP contribution in [0.3, 0.4) is 0 Å². The fourth-order valence-electron chi connectivity index (χ4n) is 3.61. The molecule has 1 aromatic heterocycles. The van der Waals surface area contributed by atoms with Crippen molar-refractivity contribution in [1.29, 1.82) is 0 Å². The maximum Gasteiger partial charge on any atom is 0.240 e. The van der Waals surface area contributed by atoms with Crippen molar-refractivity contribution in [1.82, 2.24) is 19.7 Å². The zero-order valence-corrected chi connectivity index (χ0v) is 15.7. The van der Waals surface area contributed by atoms with E-state index in [4.69, 9.17) is 0 Å². The predicted molar refractivity (Wildman–Crippen MR) is 104 cm³/mol. The van der Waals surface area contributed by atoms with Gasteiger partial charge in [-0.1, -0.05) is 66.6 Å². The first kappa shape index (κ1) is 17.9. The first-order chi connectivity index (χ1) is 13.1. The molecule has 0 bridgehead atoms. The molecule has 7 heteroatoms. The number of hydrogen-bond donors (Lipinski definition) is 1. The third-order valence-electron chi connectivity index (χ3n) is 5.01. The molecule has 0 aliphatic heterocycles. The Hall–Kier alpha value is -2.51.